The van der Waals surface area contributed by atoms with E-state index in [1.54, 1.807) is 0 Å². The lowest BCUT2D eigenvalue weighted by atomic mass is 10.2. The van der Waals surface area contributed by atoms with E-state index in [0.29, 0.717) is 6.42 Å². The van der Waals surface area contributed by atoms with Gasteiger partial charge in [0.05, 0.1) is 0 Å². The zero-order valence-electron chi connectivity index (χ0n) is 10.7. The minimum absolute atomic E-state index is 0.277. The number of anilines is 1. The molecule has 1 aromatic carbocycles. The molecule has 1 aromatic rings. The average molecular weight is 267 g/mol. The number of hydrogen-bond donors (Lipinski definition) is 2. The van der Waals surface area contributed by atoms with Crippen LogP contribution in [0.15, 0.2) is 35.5 Å². The van der Waals surface area contributed by atoms with Crippen molar-refractivity contribution in [2.24, 2.45) is 10.9 Å². The standard InChI is InChI=1S/C13H21N3OS/c1-2-18-11-10-16(9-8-13(14)15-17)12-6-4-3-5-7-12/h3-7,17H,2,8-11H2,1H3,(H2,14,15). The Morgan fingerprint density at radius 2 is 2.06 bits per heavy atom. The monoisotopic (exact) mass is 267 g/mol. The Balaban J connectivity index is 2.57. The van der Waals surface area contributed by atoms with Crippen molar-refractivity contribution in [2.75, 3.05) is 29.5 Å². The molecule has 100 valence electrons. The van der Waals surface area contributed by atoms with Crippen molar-refractivity contribution in [3.63, 3.8) is 0 Å². The predicted octanol–water partition coefficient (Wildman–Crippen LogP) is 2.38. The number of amidine groups is 1. The topological polar surface area (TPSA) is 61.8 Å². The van der Waals surface area contributed by atoms with Gasteiger partial charge in [0.1, 0.15) is 5.84 Å². The summed E-state index contributed by atoms with van der Waals surface area (Å²) in [6.45, 7) is 3.90. The van der Waals surface area contributed by atoms with Crippen LogP contribution in [0.1, 0.15) is 13.3 Å². The zero-order valence-corrected chi connectivity index (χ0v) is 11.6. The summed E-state index contributed by atoms with van der Waals surface area (Å²) in [5.74, 6) is 2.49. The Hall–Kier alpha value is -1.36. The Labute approximate surface area is 113 Å². The van der Waals surface area contributed by atoms with Crippen molar-refractivity contribution in [1.29, 1.82) is 0 Å². The van der Waals surface area contributed by atoms with E-state index in [1.165, 1.54) is 5.69 Å². The van der Waals surface area contributed by atoms with Crippen LogP contribution in [-0.4, -0.2) is 35.6 Å². The van der Waals surface area contributed by atoms with Crippen LogP contribution >= 0.6 is 11.8 Å². The fourth-order valence-corrected chi connectivity index (χ4v) is 2.27. The number of nitrogens with zero attached hydrogens (tertiary/aromatic N) is 2. The summed E-state index contributed by atoms with van der Waals surface area (Å²) in [7, 11) is 0. The van der Waals surface area contributed by atoms with E-state index >= 15 is 0 Å². The summed E-state index contributed by atoms with van der Waals surface area (Å²) in [4.78, 5) is 2.26. The van der Waals surface area contributed by atoms with Crippen LogP contribution in [-0.2, 0) is 0 Å². The van der Waals surface area contributed by atoms with Crippen molar-refractivity contribution in [2.45, 2.75) is 13.3 Å². The minimum atomic E-state index is 0.277. The smallest absolute Gasteiger partial charge is 0.140 e. The van der Waals surface area contributed by atoms with Gasteiger partial charge in [0.15, 0.2) is 0 Å². The summed E-state index contributed by atoms with van der Waals surface area (Å²) in [6.07, 6.45) is 0.572. The van der Waals surface area contributed by atoms with Crippen LogP contribution in [0.25, 0.3) is 0 Å². The number of oxime groups is 1. The molecule has 0 aliphatic heterocycles. The third-order valence-electron chi connectivity index (χ3n) is 2.60. The lowest BCUT2D eigenvalue weighted by Gasteiger charge is -2.24. The molecule has 0 fully saturated rings. The van der Waals surface area contributed by atoms with Gasteiger partial charge >= 0.3 is 0 Å². The van der Waals surface area contributed by atoms with Crippen LogP contribution in [0.2, 0.25) is 0 Å². The lowest BCUT2D eigenvalue weighted by molar-refractivity contribution is 0.317. The molecule has 5 heteroatoms. The highest BCUT2D eigenvalue weighted by Crippen LogP contribution is 2.14. The quantitative estimate of drug-likeness (QED) is 0.250. The van der Waals surface area contributed by atoms with Gasteiger partial charge in [-0.05, 0) is 17.9 Å². The second-order valence-corrected chi connectivity index (χ2v) is 5.25. The van der Waals surface area contributed by atoms with Gasteiger partial charge in [0.2, 0.25) is 0 Å². The van der Waals surface area contributed by atoms with Crippen LogP contribution < -0.4 is 10.6 Å². The van der Waals surface area contributed by atoms with Gasteiger partial charge in [-0.3, -0.25) is 0 Å². The Morgan fingerprint density at radius 3 is 2.67 bits per heavy atom. The van der Waals surface area contributed by atoms with Crippen molar-refractivity contribution in [3.05, 3.63) is 30.3 Å². The first-order chi connectivity index (χ1) is 8.77. The highest BCUT2D eigenvalue weighted by molar-refractivity contribution is 7.99. The molecule has 0 aliphatic carbocycles. The molecule has 0 atom stereocenters. The van der Waals surface area contributed by atoms with Crippen LogP contribution in [0.5, 0.6) is 0 Å². The normalized spacial score (nSPS) is 11.5. The molecule has 0 bridgehead atoms. The van der Waals surface area contributed by atoms with E-state index in [0.717, 1.165) is 24.6 Å². The average Bonchev–Trinajstić information content (AvgIpc) is 2.43. The van der Waals surface area contributed by atoms with E-state index in [-0.39, 0.29) is 5.84 Å². The maximum Gasteiger partial charge on any atom is 0.140 e. The number of rotatable bonds is 8. The van der Waals surface area contributed by atoms with Crippen molar-refractivity contribution < 1.29 is 5.21 Å². The highest BCUT2D eigenvalue weighted by Gasteiger charge is 2.06. The summed E-state index contributed by atoms with van der Waals surface area (Å²) in [5.41, 5.74) is 6.70. The minimum Gasteiger partial charge on any atom is -0.409 e. The molecule has 0 aliphatic rings. The summed E-state index contributed by atoms with van der Waals surface area (Å²) in [6, 6.07) is 10.2. The molecule has 4 nitrogen and oxygen atoms in total. The summed E-state index contributed by atoms with van der Waals surface area (Å²) < 4.78 is 0. The molecule has 0 saturated carbocycles. The maximum absolute atomic E-state index is 8.57. The van der Waals surface area contributed by atoms with E-state index in [1.807, 2.05) is 30.0 Å². The number of benzene rings is 1. The van der Waals surface area contributed by atoms with Gasteiger partial charge < -0.3 is 15.8 Å². The van der Waals surface area contributed by atoms with Gasteiger partial charge in [0, 0.05) is 31.0 Å². The molecule has 0 saturated heterocycles. The predicted molar refractivity (Wildman–Crippen MR) is 79.7 cm³/mol. The van der Waals surface area contributed by atoms with E-state index in [9.17, 15) is 0 Å². The van der Waals surface area contributed by atoms with Crippen LogP contribution in [0.4, 0.5) is 5.69 Å². The van der Waals surface area contributed by atoms with Crippen molar-refractivity contribution >= 4 is 23.3 Å². The van der Waals surface area contributed by atoms with Gasteiger partial charge in [-0.15, -0.1) is 0 Å². The molecule has 0 heterocycles. The number of thioether (sulfide) groups is 1. The third kappa shape index (κ3) is 5.31. The summed E-state index contributed by atoms with van der Waals surface area (Å²) >= 11 is 1.92. The molecular weight excluding hydrogens is 246 g/mol. The fourth-order valence-electron chi connectivity index (χ4n) is 1.63. The molecular formula is C13H21N3OS. The molecule has 3 N–H and O–H groups in total. The first kappa shape index (κ1) is 14.7. The van der Waals surface area contributed by atoms with Crippen LogP contribution in [0.3, 0.4) is 0 Å². The molecule has 0 unspecified atom stereocenters. The summed E-state index contributed by atoms with van der Waals surface area (Å²) in [5, 5.41) is 11.6. The molecule has 0 aromatic heterocycles. The fraction of sp³-hybridized carbons (Fsp3) is 0.462. The Bertz CT molecular complexity index is 357. The van der Waals surface area contributed by atoms with Gasteiger partial charge in [-0.25, -0.2) is 0 Å². The highest BCUT2D eigenvalue weighted by atomic mass is 32.2. The second-order valence-electron chi connectivity index (χ2n) is 3.86. The maximum atomic E-state index is 8.57. The van der Waals surface area contributed by atoms with E-state index in [4.69, 9.17) is 10.9 Å². The molecule has 1 rings (SSSR count). The number of nitrogens with two attached hydrogens (primary N) is 1. The van der Waals surface area contributed by atoms with E-state index in [2.05, 4.69) is 29.1 Å². The molecule has 0 amide bonds. The van der Waals surface area contributed by atoms with Gasteiger partial charge in [0.25, 0.3) is 0 Å². The lowest BCUT2D eigenvalue weighted by Crippen LogP contribution is -2.30. The Kier molecular flexibility index (Phi) is 7.10. The molecule has 0 spiro atoms. The van der Waals surface area contributed by atoms with Crippen molar-refractivity contribution in [1.82, 2.24) is 0 Å². The van der Waals surface area contributed by atoms with E-state index < -0.39 is 0 Å². The third-order valence-corrected chi connectivity index (χ3v) is 3.48. The zero-order chi connectivity index (χ0) is 13.2. The second kappa shape index (κ2) is 8.69. The first-order valence-corrected chi connectivity index (χ1v) is 7.27. The number of para-hydroxylation sites is 1. The van der Waals surface area contributed by atoms with Crippen molar-refractivity contribution in [3.8, 4) is 0 Å². The largest absolute Gasteiger partial charge is 0.409 e. The van der Waals surface area contributed by atoms with Gasteiger partial charge in [-0.1, -0.05) is 30.3 Å². The van der Waals surface area contributed by atoms with Crippen LogP contribution in [0, 0.1) is 0 Å². The SMILES string of the molecule is CCSCCN(CC/C(N)=N/O)c1ccccc1. The molecule has 0 radical (unpaired) electrons. The number of hydrogen-bond acceptors (Lipinski definition) is 4. The van der Waals surface area contributed by atoms with Gasteiger partial charge in [-0.2, -0.15) is 11.8 Å². The molecule has 18 heavy (non-hydrogen) atoms. The Morgan fingerprint density at radius 1 is 1.33 bits per heavy atom. The first-order valence-electron chi connectivity index (χ1n) is 6.12.